The number of imidazole rings is 1. The lowest BCUT2D eigenvalue weighted by atomic mass is 10.0. The third kappa shape index (κ3) is 2.59. The van der Waals surface area contributed by atoms with Crippen LogP contribution in [0.25, 0.3) is 5.52 Å². The zero-order valence-corrected chi connectivity index (χ0v) is 15.7. The monoisotopic (exact) mass is 383 g/mol. The number of H-pyrrole nitrogens is 1. The summed E-state index contributed by atoms with van der Waals surface area (Å²) in [6, 6.07) is 5.98. The van der Waals surface area contributed by atoms with Crippen LogP contribution >= 0.6 is 11.6 Å². The summed E-state index contributed by atoms with van der Waals surface area (Å²) in [6.07, 6.45) is 4.42. The van der Waals surface area contributed by atoms with Gasteiger partial charge in [0.25, 0.3) is 0 Å². The molecule has 0 aliphatic carbocycles. The second-order valence-electron chi connectivity index (χ2n) is 6.94. The van der Waals surface area contributed by atoms with E-state index >= 15 is 0 Å². The fourth-order valence-electron chi connectivity index (χ4n) is 3.49. The Labute approximate surface area is 160 Å². The number of nitrogens with one attached hydrogen (secondary N) is 1. The van der Waals surface area contributed by atoms with Crippen LogP contribution in [-0.4, -0.2) is 36.3 Å². The number of rotatable bonds is 3. The molecule has 0 aromatic carbocycles. The maximum atomic E-state index is 6.34. The van der Waals surface area contributed by atoms with E-state index in [9.17, 15) is 0 Å². The Kier molecular flexibility index (Phi) is 3.68. The van der Waals surface area contributed by atoms with Crippen LogP contribution in [0.15, 0.2) is 35.1 Å². The molecule has 0 amide bonds. The zero-order chi connectivity index (χ0) is 18.5. The maximum absolute atomic E-state index is 6.34. The molecule has 138 valence electrons. The molecule has 1 aliphatic heterocycles. The number of anilines is 1. The summed E-state index contributed by atoms with van der Waals surface area (Å²) >= 11 is 6.34. The van der Waals surface area contributed by atoms with Crippen molar-refractivity contribution >= 4 is 23.1 Å². The summed E-state index contributed by atoms with van der Waals surface area (Å²) in [5.41, 5.74) is 3.71. The van der Waals surface area contributed by atoms with Gasteiger partial charge in [-0.3, -0.25) is 0 Å². The highest BCUT2D eigenvalue weighted by Crippen LogP contribution is 2.37. The number of nitrogens with zero attached hydrogens (tertiary/aromatic N) is 6. The van der Waals surface area contributed by atoms with Crippen molar-refractivity contribution in [3.8, 4) is 0 Å². The Hall–Kier alpha value is -2.87. The molecule has 1 unspecified atom stereocenters. The Bertz CT molecular complexity index is 1110. The summed E-state index contributed by atoms with van der Waals surface area (Å²) in [6.45, 7) is 4.78. The summed E-state index contributed by atoms with van der Waals surface area (Å²) in [7, 11) is 0. The fourth-order valence-corrected chi connectivity index (χ4v) is 3.71. The molecule has 1 atom stereocenters. The fraction of sp³-hybridized carbons (Fsp3) is 0.333. The molecular weight excluding hydrogens is 366 g/mol. The van der Waals surface area contributed by atoms with Gasteiger partial charge in [0.15, 0.2) is 0 Å². The summed E-state index contributed by atoms with van der Waals surface area (Å²) < 4.78 is 7.71. The van der Waals surface area contributed by atoms with E-state index in [1.54, 1.807) is 10.8 Å². The van der Waals surface area contributed by atoms with Gasteiger partial charge >= 0.3 is 6.01 Å². The van der Waals surface area contributed by atoms with Gasteiger partial charge in [-0.2, -0.15) is 5.10 Å². The summed E-state index contributed by atoms with van der Waals surface area (Å²) in [4.78, 5) is 9.86. The van der Waals surface area contributed by atoms with E-state index in [1.807, 2.05) is 38.2 Å². The largest absolute Gasteiger partial charge is 0.408 e. The number of fused-ring (bicyclic) bond motifs is 2. The topological polar surface area (TPSA) is 88.1 Å². The van der Waals surface area contributed by atoms with Crippen molar-refractivity contribution in [2.24, 2.45) is 0 Å². The Morgan fingerprint density at radius 1 is 1.33 bits per heavy atom. The average molecular weight is 384 g/mol. The minimum absolute atomic E-state index is 0.171. The molecule has 8 nitrogen and oxygen atoms in total. The van der Waals surface area contributed by atoms with Gasteiger partial charge < -0.3 is 14.3 Å². The molecule has 0 saturated heterocycles. The van der Waals surface area contributed by atoms with Gasteiger partial charge in [-0.15, -0.1) is 5.10 Å². The van der Waals surface area contributed by atoms with Gasteiger partial charge in [-0.05, 0) is 18.2 Å². The lowest BCUT2D eigenvalue weighted by Crippen LogP contribution is -2.36. The van der Waals surface area contributed by atoms with Crippen molar-refractivity contribution in [3.05, 3.63) is 58.7 Å². The lowest BCUT2D eigenvalue weighted by molar-refractivity contribution is 0.446. The molecule has 0 spiro atoms. The van der Waals surface area contributed by atoms with Crippen LogP contribution in [0.4, 0.5) is 6.01 Å². The third-order valence-corrected chi connectivity index (χ3v) is 5.16. The van der Waals surface area contributed by atoms with E-state index in [2.05, 4.69) is 25.1 Å². The van der Waals surface area contributed by atoms with Crippen molar-refractivity contribution < 1.29 is 4.42 Å². The summed E-state index contributed by atoms with van der Waals surface area (Å²) in [5, 5.41) is 13.9. The Morgan fingerprint density at radius 3 is 3.00 bits per heavy atom. The molecule has 4 aromatic rings. The van der Waals surface area contributed by atoms with Crippen LogP contribution < -0.4 is 4.90 Å². The number of hydrogen-bond acceptors (Lipinski definition) is 6. The van der Waals surface area contributed by atoms with E-state index in [0.29, 0.717) is 16.9 Å². The van der Waals surface area contributed by atoms with E-state index in [-0.39, 0.29) is 12.0 Å². The highest BCUT2D eigenvalue weighted by Gasteiger charge is 2.36. The quantitative estimate of drug-likeness (QED) is 0.583. The zero-order valence-electron chi connectivity index (χ0n) is 14.9. The second kappa shape index (κ2) is 6.09. The Balaban J connectivity index is 1.65. The molecule has 4 aromatic heterocycles. The maximum Gasteiger partial charge on any atom is 0.319 e. The highest BCUT2D eigenvalue weighted by molar-refractivity contribution is 6.33. The molecule has 1 aliphatic rings. The van der Waals surface area contributed by atoms with E-state index in [4.69, 9.17) is 21.1 Å². The Morgan fingerprint density at radius 2 is 2.22 bits per heavy atom. The standard InChI is InChI=1S/C18H18ClN7O/c1-10(2)17-22-23-18(27-17)25-7-5-12-15(21-9-20-12)16(25)13-8-14-11(19)4-3-6-26(14)24-13/h3-4,6,8-10,16H,5,7H2,1-2H3,(H,20,21). The number of aromatic amines is 1. The number of pyridine rings is 1. The first-order valence-electron chi connectivity index (χ1n) is 8.88. The first-order valence-corrected chi connectivity index (χ1v) is 9.25. The lowest BCUT2D eigenvalue weighted by Gasteiger charge is -2.32. The molecule has 0 fully saturated rings. The van der Waals surface area contributed by atoms with Gasteiger partial charge in [0.1, 0.15) is 6.04 Å². The van der Waals surface area contributed by atoms with Crippen LogP contribution in [-0.2, 0) is 6.42 Å². The van der Waals surface area contributed by atoms with Gasteiger partial charge in [0.2, 0.25) is 5.89 Å². The molecule has 0 radical (unpaired) electrons. The van der Waals surface area contributed by atoms with Crippen molar-refractivity contribution in [1.29, 1.82) is 0 Å². The van der Waals surface area contributed by atoms with Crippen molar-refractivity contribution in [1.82, 2.24) is 29.8 Å². The average Bonchev–Trinajstić information content (AvgIpc) is 3.39. The predicted molar refractivity (Wildman–Crippen MR) is 100 cm³/mol. The van der Waals surface area contributed by atoms with Crippen LogP contribution in [0.5, 0.6) is 0 Å². The molecular formula is C18H18ClN7O. The van der Waals surface area contributed by atoms with Crippen LogP contribution in [0, 0.1) is 0 Å². The normalized spacial score (nSPS) is 17.0. The van der Waals surface area contributed by atoms with E-state index in [0.717, 1.165) is 35.6 Å². The number of halogens is 1. The number of hydrogen-bond donors (Lipinski definition) is 1. The predicted octanol–water partition coefficient (Wildman–Crippen LogP) is 3.37. The minimum atomic E-state index is -0.226. The molecule has 9 heteroatoms. The first-order chi connectivity index (χ1) is 13.1. The highest BCUT2D eigenvalue weighted by atomic mass is 35.5. The van der Waals surface area contributed by atoms with Crippen molar-refractivity contribution in [2.45, 2.75) is 32.2 Å². The first kappa shape index (κ1) is 16.3. The van der Waals surface area contributed by atoms with Gasteiger partial charge in [-0.25, -0.2) is 9.50 Å². The van der Waals surface area contributed by atoms with Crippen LogP contribution in [0.2, 0.25) is 5.02 Å². The third-order valence-electron chi connectivity index (χ3n) is 4.84. The van der Waals surface area contributed by atoms with Crippen molar-refractivity contribution in [3.63, 3.8) is 0 Å². The van der Waals surface area contributed by atoms with Crippen LogP contribution in [0.1, 0.15) is 48.8 Å². The molecule has 1 N–H and O–H groups in total. The molecule has 5 rings (SSSR count). The molecule has 0 saturated carbocycles. The van der Waals surface area contributed by atoms with Crippen molar-refractivity contribution in [2.75, 3.05) is 11.4 Å². The van der Waals surface area contributed by atoms with E-state index < -0.39 is 0 Å². The van der Waals surface area contributed by atoms with Gasteiger partial charge in [0.05, 0.1) is 28.3 Å². The molecule has 5 heterocycles. The van der Waals surface area contributed by atoms with E-state index in [1.165, 1.54) is 0 Å². The second-order valence-corrected chi connectivity index (χ2v) is 7.35. The molecule has 0 bridgehead atoms. The SMILES string of the molecule is CC(C)c1nnc(N2CCc3[nH]cnc3C2c2cc3c(Cl)cccn3n2)o1. The molecule has 27 heavy (non-hydrogen) atoms. The van der Waals surface area contributed by atoms with Gasteiger partial charge in [-0.1, -0.05) is 30.5 Å². The minimum Gasteiger partial charge on any atom is -0.408 e. The van der Waals surface area contributed by atoms with Crippen LogP contribution in [0.3, 0.4) is 0 Å². The van der Waals surface area contributed by atoms with Gasteiger partial charge in [0, 0.05) is 30.8 Å². The summed E-state index contributed by atoms with van der Waals surface area (Å²) in [5.74, 6) is 0.791. The number of aromatic nitrogens is 6. The smallest absolute Gasteiger partial charge is 0.319 e.